The molecule has 0 aromatic carbocycles. The van der Waals surface area contributed by atoms with E-state index in [-0.39, 0.29) is 18.2 Å². The molecule has 1 aliphatic heterocycles. The third-order valence-electron chi connectivity index (χ3n) is 5.64. The van der Waals surface area contributed by atoms with Crippen LogP contribution in [0.2, 0.25) is 0 Å². The van der Waals surface area contributed by atoms with E-state index in [9.17, 15) is 9.59 Å². The van der Waals surface area contributed by atoms with Gasteiger partial charge >= 0.3 is 0 Å². The highest BCUT2D eigenvalue weighted by molar-refractivity contribution is 5.88. The van der Waals surface area contributed by atoms with Crippen LogP contribution in [0.15, 0.2) is 23.0 Å². The third-order valence-corrected chi connectivity index (χ3v) is 5.64. The van der Waals surface area contributed by atoms with Gasteiger partial charge < -0.3 is 15.1 Å². The lowest BCUT2D eigenvalue weighted by atomic mass is 10.1. The van der Waals surface area contributed by atoms with Gasteiger partial charge in [0.25, 0.3) is 0 Å². The van der Waals surface area contributed by atoms with Crippen LogP contribution >= 0.6 is 0 Å². The van der Waals surface area contributed by atoms with Gasteiger partial charge in [-0.05, 0) is 37.8 Å². The van der Waals surface area contributed by atoms with Crippen molar-refractivity contribution in [3.05, 3.63) is 46.9 Å². The molecule has 0 bridgehead atoms. The smallest absolute Gasteiger partial charge is 0.237 e. The van der Waals surface area contributed by atoms with Crippen LogP contribution in [0.3, 0.4) is 0 Å². The Kier molecular flexibility index (Phi) is 5.89. The lowest BCUT2D eigenvalue weighted by Crippen LogP contribution is -2.56. The quantitative estimate of drug-likeness (QED) is 0.721. The summed E-state index contributed by atoms with van der Waals surface area (Å²) in [5.41, 5.74) is 4.50. The molecule has 1 aliphatic carbocycles. The maximum atomic E-state index is 12.5. The number of piperazine rings is 1. The highest BCUT2D eigenvalue weighted by atomic mass is 16.3. The zero-order valence-electron chi connectivity index (χ0n) is 16.7. The fourth-order valence-corrected chi connectivity index (χ4v) is 4.15. The summed E-state index contributed by atoms with van der Waals surface area (Å²) in [7, 11) is 0. The Hall–Kier alpha value is -2.74. The van der Waals surface area contributed by atoms with Gasteiger partial charge in [0.05, 0.1) is 25.0 Å². The lowest BCUT2D eigenvalue weighted by molar-refractivity contribution is -0.134. The molecule has 1 atom stereocenters. The van der Waals surface area contributed by atoms with Crippen molar-refractivity contribution >= 4 is 11.8 Å². The van der Waals surface area contributed by atoms with Crippen molar-refractivity contribution in [1.29, 1.82) is 0 Å². The monoisotopic (exact) mass is 397 g/mol. The molecule has 0 spiro atoms. The standard InChI is InChI=1S/C21H27N5O3/c1-14-16-3-2-4-17(16)25-19(24-14)5-7-22-20(27)11-18-21(28)23-8-9-26(18)12-15-6-10-29-13-15/h6,10,13,18H,2-5,7-9,11-12H2,1H3,(H,22,27)(H,23,28)/t18-/m0/s1. The van der Waals surface area contributed by atoms with Crippen molar-refractivity contribution in [3.8, 4) is 0 Å². The first-order valence-corrected chi connectivity index (χ1v) is 10.2. The molecule has 0 radical (unpaired) electrons. The number of aromatic nitrogens is 2. The number of hydrogen-bond acceptors (Lipinski definition) is 6. The van der Waals surface area contributed by atoms with Crippen molar-refractivity contribution < 1.29 is 14.0 Å². The molecule has 2 aromatic rings. The second-order valence-electron chi connectivity index (χ2n) is 7.72. The number of nitrogens with one attached hydrogen (secondary N) is 2. The number of carbonyl (C=O) groups is 2. The van der Waals surface area contributed by atoms with E-state index < -0.39 is 6.04 Å². The summed E-state index contributed by atoms with van der Waals surface area (Å²) in [6, 6.07) is 1.40. The summed E-state index contributed by atoms with van der Waals surface area (Å²) in [4.78, 5) is 36.1. The molecule has 2 amide bonds. The van der Waals surface area contributed by atoms with E-state index in [1.54, 1.807) is 12.5 Å². The molecular weight excluding hydrogens is 370 g/mol. The molecule has 29 heavy (non-hydrogen) atoms. The van der Waals surface area contributed by atoms with Crippen molar-refractivity contribution in [1.82, 2.24) is 25.5 Å². The summed E-state index contributed by atoms with van der Waals surface area (Å²) >= 11 is 0. The number of furan rings is 1. The SMILES string of the molecule is Cc1nc(CCNC(=O)C[C@H]2C(=O)NCCN2Cc2ccoc2)nc2c1CCC2. The van der Waals surface area contributed by atoms with Crippen LogP contribution in [0.5, 0.6) is 0 Å². The van der Waals surface area contributed by atoms with E-state index >= 15 is 0 Å². The Labute approximate surface area is 170 Å². The molecule has 4 rings (SSSR count). The van der Waals surface area contributed by atoms with E-state index in [1.807, 2.05) is 17.9 Å². The van der Waals surface area contributed by atoms with Gasteiger partial charge in [0.2, 0.25) is 11.8 Å². The minimum atomic E-state index is -0.475. The Bertz CT molecular complexity index is 881. The second-order valence-corrected chi connectivity index (χ2v) is 7.72. The fraction of sp³-hybridized carbons (Fsp3) is 0.524. The van der Waals surface area contributed by atoms with Gasteiger partial charge in [-0.3, -0.25) is 14.5 Å². The molecular formula is C21H27N5O3. The van der Waals surface area contributed by atoms with Gasteiger partial charge in [0, 0.05) is 49.6 Å². The van der Waals surface area contributed by atoms with E-state index in [0.29, 0.717) is 32.6 Å². The van der Waals surface area contributed by atoms with Crippen LogP contribution in [-0.4, -0.2) is 52.4 Å². The van der Waals surface area contributed by atoms with Crippen molar-refractivity contribution in [2.24, 2.45) is 0 Å². The topological polar surface area (TPSA) is 100 Å². The molecule has 2 aromatic heterocycles. The number of nitrogens with zero attached hydrogens (tertiary/aromatic N) is 3. The molecule has 8 heteroatoms. The lowest BCUT2D eigenvalue weighted by Gasteiger charge is -2.34. The normalized spacial score (nSPS) is 19.1. The zero-order valence-corrected chi connectivity index (χ0v) is 16.7. The molecule has 1 saturated heterocycles. The number of carbonyl (C=O) groups excluding carboxylic acids is 2. The Balaban J connectivity index is 1.30. The first-order chi connectivity index (χ1) is 14.1. The summed E-state index contributed by atoms with van der Waals surface area (Å²) < 4.78 is 5.11. The summed E-state index contributed by atoms with van der Waals surface area (Å²) in [5.74, 6) is 0.537. The second kappa shape index (κ2) is 8.73. The Morgan fingerprint density at radius 3 is 3.10 bits per heavy atom. The van der Waals surface area contributed by atoms with Crippen LogP contribution < -0.4 is 10.6 Å². The zero-order chi connectivity index (χ0) is 20.2. The number of hydrogen-bond donors (Lipinski definition) is 2. The Morgan fingerprint density at radius 1 is 1.38 bits per heavy atom. The molecule has 1 fully saturated rings. The van der Waals surface area contributed by atoms with Crippen LogP contribution in [0.1, 0.15) is 41.2 Å². The minimum absolute atomic E-state index is 0.104. The first-order valence-electron chi connectivity index (χ1n) is 10.2. The van der Waals surface area contributed by atoms with Crippen molar-refractivity contribution in [2.75, 3.05) is 19.6 Å². The minimum Gasteiger partial charge on any atom is -0.472 e. The molecule has 2 N–H and O–H groups in total. The maximum absolute atomic E-state index is 12.5. The predicted octanol–water partition coefficient (Wildman–Crippen LogP) is 0.916. The molecule has 154 valence electrons. The number of amides is 2. The average molecular weight is 397 g/mol. The largest absolute Gasteiger partial charge is 0.472 e. The van der Waals surface area contributed by atoms with Gasteiger partial charge in [-0.25, -0.2) is 9.97 Å². The highest BCUT2D eigenvalue weighted by Gasteiger charge is 2.31. The summed E-state index contributed by atoms with van der Waals surface area (Å²) in [6.45, 7) is 4.38. The predicted molar refractivity (Wildman–Crippen MR) is 106 cm³/mol. The van der Waals surface area contributed by atoms with Gasteiger partial charge in [0.1, 0.15) is 5.82 Å². The van der Waals surface area contributed by atoms with Crippen LogP contribution in [0.25, 0.3) is 0 Å². The van der Waals surface area contributed by atoms with Gasteiger partial charge in [0.15, 0.2) is 0 Å². The van der Waals surface area contributed by atoms with Crippen LogP contribution in [-0.2, 0) is 35.4 Å². The van der Waals surface area contributed by atoms with E-state index in [2.05, 4.69) is 20.6 Å². The number of aryl methyl sites for hydroxylation is 2. The number of rotatable bonds is 7. The van der Waals surface area contributed by atoms with Crippen LogP contribution in [0, 0.1) is 6.92 Å². The van der Waals surface area contributed by atoms with E-state index in [1.165, 1.54) is 5.56 Å². The van der Waals surface area contributed by atoms with E-state index in [4.69, 9.17) is 4.42 Å². The fourth-order valence-electron chi connectivity index (χ4n) is 4.15. The molecule has 2 aliphatic rings. The molecule has 3 heterocycles. The van der Waals surface area contributed by atoms with Gasteiger partial charge in [-0.15, -0.1) is 0 Å². The molecule has 8 nitrogen and oxygen atoms in total. The van der Waals surface area contributed by atoms with Crippen LogP contribution in [0.4, 0.5) is 0 Å². The Morgan fingerprint density at radius 2 is 2.28 bits per heavy atom. The van der Waals surface area contributed by atoms with Crippen molar-refractivity contribution in [3.63, 3.8) is 0 Å². The summed E-state index contributed by atoms with van der Waals surface area (Å²) in [5, 5.41) is 5.78. The van der Waals surface area contributed by atoms with E-state index in [0.717, 1.165) is 42.0 Å². The third kappa shape index (κ3) is 4.64. The molecule has 0 saturated carbocycles. The number of fused-ring (bicyclic) bond motifs is 1. The van der Waals surface area contributed by atoms with Gasteiger partial charge in [-0.2, -0.15) is 0 Å². The van der Waals surface area contributed by atoms with Gasteiger partial charge in [-0.1, -0.05) is 0 Å². The highest BCUT2D eigenvalue weighted by Crippen LogP contribution is 2.22. The average Bonchev–Trinajstić information content (AvgIpc) is 3.36. The first kappa shape index (κ1) is 19.6. The maximum Gasteiger partial charge on any atom is 0.237 e. The summed E-state index contributed by atoms with van der Waals surface area (Å²) in [6.07, 6.45) is 7.23. The van der Waals surface area contributed by atoms with Crippen molar-refractivity contribution in [2.45, 2.75) is 51.6 Å². The molecule has 0 unspecified atom stereocenters.